The van der Waals surface area contributed by atoms with E-state index in [1.165, 1.54) is 21.4 Å². The Morgan fingerprint density at radius 1 is 0.950 bits per heavy atom. The molecule has 8 nitrogen and oxygen atoms in total. The van der Waals surface area contributed by atoms with Crippen LogP contribution in [0.1, 0.15) is 45.1 Å². The number of hydrogen-bond donors (Lipinski definition) is 0. The molecule has 2 aromatic carbocycles. The van der Waals surface area contributed by atoms with Crippen LogP contribution in [0.3, 0.4) is 0 Å². The van der Waals surface area contributed by atoms with E-state index in [1.54, 1.807) is 0 Å². The maximum Gasteiger partial charge on any atom is 0.307 e. The number of ether oxygens (including phenoxy) is 2. The Morgan fingerprint density at radius 3 is 2.58 bits per heavy atom. The van der Waals surface area contributed by atoms with E-state index < -0.39 is 0 Å². The highest BCUT2D eigenvalue weighted by molar-refractivity contribution is 5.95. The van der Waals surface area contributed by atoms with E-state index in [9.17, 15) is 9.59 Å². The molecular formula is C32H40N4O4. The van der Waals surface area contributed by atoms with Crippen LogP contribution in [0.4, 0.5) is 11.5 Å². The number of esters is 1. The van der Waals surface area contributed by atoms with Gasteiger partial charge < -0.3 is 14.4 Å². The third-order valence-electron chi connectivity index (χ3n) is 7.62. The lowest BCUT2D eigenvalue weighted by atomic mass is 10.1. The first kappa shape index (κ1) is 27.9. The summed E-state index contributed by atoms with van der Waals surface area (Å²) in [6, 6.07) is 19.0. The number of nitrogens with zero attached hydrogens (tertiary/aromatic N) is 4. The fraction of sp³-hybridized carbons (Fsp3) is 0.469. The Labute approximate surface area is 236 Å². The van der Waals surface area contributed by atoms with Crippen LogP contribution in [-0.2, 0) is 20.7 Å². The van der Waals surface area contributed by atoms with Crippen molar-refractivity contribution in [3.05, 3.63) is 60.2 Å². The van der Waals surface area contributed by atoms with Gasteiger partial charge in [0.2, 0.25) is 11.8 Å². The van der Waals surface area contributed by atoms with Crippen LogP contribution in [0.15, 0.2) is 54.6 Å². The molecule has 212 valence electrons. The van der Waals surface area contributed by atoms with Crippen molar-refractivity contribution in [1.29, 1.82) is 0 Å². The molecular weight excluding hydrogens is 504 g/mol. The Morgan fingerprint density at radius 2 is 1.75 bits per heavy atom. The number of fused-ring (bicyclic) bond motifs is 2. The Hall–Kier alpha value is -3.65. The summed E-state index contributed by atoms with van der Waals surface area (Å²) in [7, 11) is 0. The van der Waals surface area contributed by atoms with Gasteiger partial charge in [0, 0.05) is 56.2 Å². The summed E-state index contributed by atoms with van der Waals surface area (Å²) in [6.07, 6.45) is 3.32. The molecule has 0 bridgehead atoms. The van der Waals surface area contributed by atoms with Crippen molar-refractivity contribution in [1.82, 2.24) is 9.88 Å². The van der Waals surface area contributed by atoms with Crippen molar-refractivity contribution >= 4 is 34.2 Å². The zero-order chi connectivity index (χ0) is 27.9. The minimum Gasteiger partial charge on any atom is -0.478 e. The number of hydrogen-bond acceptors (Lipinski definition) is 7. The van der Waals surface area contributed by atoms with Gasteiger partial charge in [-0.1, -0.05) is 50.2 Å². The molecule has 0 saturated carbocycles. The van der Waals surface area contributed by atoms with Gasteiger partial charge in [-0.15, -0.1) is 0 Å². The second-order valence-corrected chi connectivity index (χ2v) is 11.1. The summed E-state index contributed by atoms with van der Waals surface area (Å²) in [5, 5.41) is 2.62. The number of amides is 1. The van der Waals surface area contributed by atoms with Gasteiger partial charge in [0.15, 0.2) is 6.73 Å². The first-order chi connectivity index (χ1) is 19.5. The lowest BCUT2D eigenvalue weighted by Crippen LogP contribution is -2.46. The highest BCUT2D eigenvalue weighted by Crippen LogP contribution is 2.29. The van der Waals surface area contributed by atoms with E-state index in [0.717, 1.165) is 51.1 Å². The molecule has 1 aromatic heterocycles. The van der Waals surface area contributed by atoms with E-state index in [-0.39, 0.29) is 24.5 Å². The lowest BCUT2D eigenvalue weighted by molar-refractivity contribution is -0.145. The number of pyridine rings is 1. The molecule has 0 radical (unpaired) electrons. The van der Waals surface area contributed by atoms with Crippen LogP contribution in [0, 0.1) is 5.92 Å². The first-order valence-electron chi connectivity index (χ1n) is 14.5. The number of unbranched alkanes of at least 4 members (excludes halogenated alkanes) is 1. The van der Waals surface area contributed by atoms with Crippen molar-refractivity contribution in [3.63, 3.8) is 0 Å². The van der Waals surface area contributed by atoms with E-state index in [0.29, 0.717) is 37.6 Å². The van der Waals surface area contributed by atoms with Gasteiger partial charge in [-0.05, 0) is 54.8 Å². The predicted octanol–water partition coefficient (Wildman–Crippen LogP) is 5.04. The molecule has 1 saturated heterocycles. The average Bonchev–Trinajstić information content (AvgIpc) is 2.96. The number of rotatable bonds is 11. The van der Waals surface area contributed by atoms with Gasteiger partial charge in [0.25, 0.3) is 0 Å². The van der Waals surface area contributed by atoms with E-state index in [4.69, 9.17) is 9.47 Å². The molecule has 0 aliphatic carbocycles. The standard InChI is InChI=1S/C32H40N4O4/c1-24(2)22-31(38)40-23-36-30(37)15-13-26-12-14-29(33-32(26)36)39-21-6-5-16-34-17-19-35(20-18-34)28-11-7-9-25-8-3-4-10-27(25)28/h3-4,7-12,14,24H,5-6,13,15-23H2,1-2H3. The molecule has 40 heavy (non-hydrogen) atoms. The second-order valence-electron chi connectivity index (χ2n) is 11.1. The molecule has 0 spiro atoms. The molecule has 0 N–H and O–H groups in total. The van der Waals surface area contributed by atoms with Gasteiger partial charge in [-0.3, -0.25) is 19.4 Å². The van der Waals surface area contributed by atoms with Crippen LogP contribution in [0.25, 0.3) is 10.8 Å². The monoisotopic (exact) mass is 544 g/mol. The summed E-state index contributed by atoms with van der Waals surface area (Å²) >= 11 is 0. The summed E-state index contributed by atoms with van der Waals surface area (Å²) in [5.74, 6) is 0.841. The van der Waals surface area contributed by atoms with Crippen LogP contribution in [-0.4, -0.2) is 67.8 Å². The van der Waals surface area contributed by atoms with Gasteiger partial charge in [-0.2, -0.15) is 4.98 Å². The van der Waals surface area contributed by atoms with Gasteiger partial charge in [0.05, 0.1) is 6.61 Å². The number of carbonyl (C=O) groups is 2. The number of aryl methyl sites for hydroxylation is 1. The molecule has 3 heterocycles. The summed E-state index contributed by atoms with van der Waals surface area (Å²) in [4.78, 5) is 35.7. The molecule has 2 aliphatic rings. The Balaban J connectivity index is 1.06. The Kier molecular flexibility index (Phi) is 9.16. The third-order valence-corrected chi connectivity index (χ3v) is 7.62. The summed E-state index contributed by atoms with van der Waals surface area (Å²) < 4.78 is 11.3. The van der Waals surface area contributed by atoms with Gasteiger partial charge in [0.1, 0.15) is 5.82 Å². The van der Waals surface area contributed by atoms with E-state index in [1.807, 2.05) is 26.0 Å². The Bertz CT molecular complexity index is 1310. The van der Waals surface area contributed by atoms with E-state index in [2.05, 4.69) is 57.2 Å². The van der Waals surface area contributed by atoms with Crippen LogP contribution >= 0.6 is 0 Å². The molecule has 1 amide bonds. The smallest absolute Gasteiger partial charge is 0.307 e. The summed E-state index contributed by atoms with van der Waals surface area (Å²) in [6.45, 7) is 9.61. The zero-order valence-electron chi connectivity index (χ0n) is 23.7. The van der Waals surface area contributed by atoms with Crippen molar-refractivity contribution in [2.45, 2.75) is 46.0 Å². The number of carbonyl (C=O) groups excluding carboxylic acids is 2. The van der Waals surface area contributed by atoms with E-state index >= 15 is 0 Å². The highest BCUT2D eigenvalue weighted by Gasteiger charge is 2.27. The highest BCUT2D eigenvalue weighted by atomic mass is 16.5. The predicted molar refractivity (Wildman–Crippen MR) is 158 cm³/mol. The molecule has 0 atom stereocenters. The van der Waals surface area contributed by atoms with Crippen LogP contribution in [0.2, 0.25) is 0 Å². The molecule has 8 heteroatoms. The minimum atomic E-state index is -0.308. The molecule has 3 aromatic rings. The number of anilines is 2. The lowest BCUT2D eigenvalue weighted by Gasteiger charge is -2.36. The normalized spacial score (nSPS) is 15.9. The second kappa shape index (κ2) is 13.1. The van der Waals surface area contributed by atoms with Crippen molar-refractivity contribution in [2.24, 2.45) is 5.92 Å². The number of piperazine rings is 1. The molecule has 0 unspecified atom stereocenters. The number of benzene rings is 2. The maximum atomic E-state index is 12.6. The topological polar surface area (TPSA) is 75.2 Å². The largest absolute Gasteiger partial charge is 0.478 e. The third kappa shape index (κ3) is 6.91. The zero-order valence-corrected chi connectivity index (χ0v) is 23.7. The van der Waals surface area contributed by atoms with Gasteiger partial charge >= 0.3 is 5.97 Å². The molecule has 2 aliphatic heterocycles. The fourth-order valence-electron chi connectivity index (χ4n) is 5.44. The summed E-state index contributed by atoms with van der Waals surface area (Å²) in [5.41, 5.74) is 2.30. The SMILES string of the molecule is CC(C)CC(=O)OCN1C(=O)CCc2ccc(OCCCCN3CCN(c4cccc5ccccc45)CC3)nc21. The van der Waals surface area contributed by atoms with Crippen LogP contribution < -0.4 is 14.5 Å². The first-order valence-corrected chi connectivity index (χ1v) is 14.5. The maximum absolute atomic E-state index is 12.6. The molecule has 1 fully saturated rings. The minimum absolute atomic E-state index is 0.0879. The number of aromatic nitrogens is 1. The van der Waals surface area contributed by atoms with Crippen molar-refractivity contribution < 1.29 is 19.1 Å². The molecule has 5 rings (SSSR count). The quantitative estimate of drug-likeness (QED) is 0.247. The van der Waals surface area contributed by atoms with Crippen molar-refractivity contribution in [2.75, 3.05) is 55.9 Å². The van der Waals surface area contributed by atoms with Crippen LogP contribution in [0.5, 0.6) is 5.88 Å². The average molecular weight is 545 g/mol. The van der Waals surface area contributed by atoms with Gasteiger partial charge in [-0.25, -0.2) is 0 Å². The van der Waals surface area contributed by atoms with Crippen molar-refractivity contribution in [3.8, 4) is 5.88 Å². The fourth-order valence-corrected chi connectivity index (χ4v) is 5.44.